The SMILES string of the molecule is Cc1nn(-c2cc(Br)c(Oc3cc(C4CCC4)c(=O)[nH]n3)c(Br)c2)c(=O)[nH]c1=O. The Morgan fingerprint density at radius 2 is 1.79 bits per heavy atom. The summed E-state index contributed by atoms with van der Waals surface area (Å²) in [4.78, 5) is 37.9. The summed E-state index contributed by atoms with van der Waals surface area (Å²) < 4.78 is 8.02. The molecule has 1 aliphatic rings. The minimum atomic E-state index is -0.652. The largest absolute Gasteiger partial charge is 0.435 e. The van der Waals surface area contributed by atoms with Crippen LogP contribution in [0.1, 0.15) is 36.4 Å². The standard InChI is InChI=1S/C18H15Br2N5O4/c1-8-16(26)21-18(28)25(24-8)10-5-12(19)15(13(20)6-10)29-14-7-11(9-3-2-4-9)17(27)23-22-14/h5-7,9H,2-4H2,1H3,(H,23,27)(H,21,26,28). The van der Waals surface area contributed by atoms with Crippen LogP contribution in [0.3, 0.4) is 0 Å². The molecular formula is C18H15Br2N5O4. The first-order valence-electron chi connectivity index (χ1n) is 8.80. The monoisotopic (exact) mass is 523 g/mol. The fourth-order valence-corrected chi connectivity index (χ4v) is 4.33. The minimum absolute atomic E-state index is 0.165. The van der Waals surface area contributed by atoms with Crippen molar-refractivity contribution in [1.29, 1.82) is 0 Å². The second kappa shape index (κ2) is 7.71. The molecule has 0 bridgehead atoms. The van der Waals surface area contributed by atoms with E-state index in [-0.39, 0.29) is 23.1 Å². The van der Waals surface area contributed by atoms with Crippen LogP contribution in [0.25, 0.3) is 5.69 Å². The molecule has 0 spiro atoms. The smallest absolute Gasteiger partial charge is 0.349 e. The first-order valence-corrected chi connectivity index (χ1v) is 10.4. The molecular weight excluding hydrogens is 510 g/mol. The quantitative estimate of drug-likeness (QED) is 0.541. The number of aromatic nitrogens is 5. The van der Waals surface area contributed by atoms with Crippen molar-refractivity contribution in [2.45, 2.75) is 32.1 Å². The lowest BCUT2D eigenvalue weighted by Gasteiger charge is -2.24. The zero-order valence-electron chi connectivity index (χ0n) is 15.2. The van der Waals surface area contributed by atoms with Crippen LogP contribution >= 0.6 is 31.9 Å². The number of hydrogen-bond donors (Lipinski definition) is 2. The van der Waals surface area contributed by atoms with Crippen LogP contribution in [-0.4, -0.2) is 25.0 Å². The molecule has 2 aromatic heterocycles. The highest BCUT2D eigenvalue weighted by atomic mass is 79.9. The third kappa shape index (κ3) is 3.84. The van der Waals surface area contributed by atoms with Crippen LogP contribution in [0, 0.1) is 6.92 Å². The molecule has 2 N–H and O–H groups in total. The van der Waals surface area contributed by atoms with Crippen LogP contribution < -0.4 is 21.5 Å². The Balaban J connectivity index is 1.70. The Morgan fingerprint density at radius 1 is 1.10 bits per heavy atom. The predicted molar refractivity (Wildman–Crippen MR) is 112 cm³/mol. The maximum absolute atomic E-state index is 12.1. The van der Waals surface area contributed by atoms with E-state index in [9.17, 15) is 14.4 Å². The average molecular weight is 525 g/mol. The molecule has 0 unspecified atom stereocenters. The number of ether oxygens (including phenoxy) is 1. The summed E-state index contributed by atoms with van der Waals surface area (Å²) >= 11 is 6.85. The van der Waals surface area contributed by atoms with E-state index in [4.69, 9.17) is 4.74 Å². The van der Waals surface area contributed by atoms with Crippen molar-refractivity contribution in [3.63, 3.8) is 0 Å². The minimum Gasteiger partial charge on any atom is -0.435 e. The molecule has 1 fully saturated rings. The molecule has 150 valence electrons. The lowest BCUT2D eigenvalue weighted by molar-refractivity contribution is 0.406. The second-order valence-electron chi connectivity index (χ2n) is 6.72. The maximum atomic E-state index is 12.1. The molecule has 9 nitrogen and oxygen atoms in total. The number of halogens is 2. The lowest BCUT2D eigenvalue weighted by atomic mass is 9.81. The van der Waals surface area contributed by atoms with Gasteiger partial charge in [-0.1, -0.05) is 6.42 Å². The second-order valence-corrected chi connectivity index (χ2v) is 8.42. The van der Waals surface area contributed by atoms with Crippen molar-refractivity contribution in [1.82, 2.24) is 25.0 Å². The molecule has 0 aliphatic heterocycles. The summed E-state index contributed by atoms with van der Waals surface area (Å²) in [6.45, 7) is 1.51. The van der Waals surface area contributed by atoms with Gasteiger partial charge in [-0.05, 0) is 69.7 Å². The number of rotatable bonds is 4. The van der Waals surface area contributed by atoms with Crippen molar-refractivity contribution in [3.8, 4) is 17.3 Å². The van der Waals surface area contributed by atoms with Gasteiger partial charge in [0, 0.05) is 11.6 Å². The summed E-state index contributed by atoms with van der Waals surface area (Å²) in [6.07, 6.45) is 3.07. The Kier molecular flexibility index (Phi) is 5.26. The van der Waals surface area contributed by atoms with Crippen molar-refractivity contribution in [2.75, 3.05) is 0 Å². The molecule has 29 heavy (non-hydrogen) atoms. The fourth-order valence-electron chi connectivity index (χ4n) is 3.00. The Morgan fingerprint density at radius 3 is 2.41 bits per heavy atom. The molecule has 0 saturated heterocycles. The van der Waals surface area contributed by atoms with Crippen LogP contribution in [0.5, 0.6) is 11.6 Å². The number of aryl methyl sites for hydroxylation is 1. The van der Waals surface area contributed by atoms with Gasteiger partial charge in [-0.25, -0.2) is 9.89 Å². The fraction of sp³-hybridized carbons (Fsp3) is 0.278. The van der Waals surface area contributed by atoms with Gasteiger partial charge < -0.3 is 4.74 Å². The number of H-pyrrole nitrogens is 2. The Labute approximate surface area is 180 Å². The van der Waals surface area contributed by atoms with E-state index < -0.39 is 11.2 Å². The van der Waals surface area contributed by atoms with Gasteiger partial charge in [0.15, 0.2) is 5.75 Å². The number of benzene rings is 1. The molecule has 2 heterocycles. The molecule has 3 aromatic rings. The maximum Gasteiger partial charge on any atom is 0.349 e. The van der Waals surface area contributed by atoms with Crippen molar-refractivity contribution in [3.05, 3.63) is 69.6 Å². The molecule has 4 rings (SSSR count). The topological polar surface area (TPSA) is 123 Å². The van der Waals surface area contributed by atoms with E-state index in [2.05, 4.69) is 52.1 Å². The molecule has 0 atom stereocenters. The van der Waals surface area contributed by atoms with E-state index >= 15 is 0 Å². The van der Waals surface area contributed by atoms with Crippen LogP contribution in [0.4, 0.5) is 0 Å². The van der Waals surface area contributed by atoms with Crippen LogP contribution in [0.15, 0.2) is 41.5 Å². The van der Waals surface area contributed by atoms with Crippen LogP contribution in [0.2, 0.25) is 0 Å². The van der Waals surface area contributed by atoms with Gasteiger partial charge in [0.2, 0.25) is 5.88 Å². The third-order valence-electron chi connectivity index (χ3n) is 4.78. The van der Waals surface area contributed by atoms with E-state index in [0.29, 0.717) is 25.9 Å². The summed E-state index contributed by atoms with van der Waals surface area (Å²) in [7, 11) is 0. The van der Waals surface area contributed by atoms with Gasteiger partial charge in [-0.3, -0.25) is 14.6 Å². The van der Waals surface area contributed by atoms with Gasteiger partial charge in [-0.2, -0.15) is 9.78 Å². The summed E-state index contributed by atoms with van der Waals surface area (Å²) in [6, 6.07) is 4.92. The lowest BCUT2D eigenvalue weighted by Crippen LogP contribution is -2.32. The molecule has 1 saturated carbocycles. The van der Waals surface area contributed by atoms with Gasteiger partial charge in [0.1, 0.15) is 5.69 Å². The Bertz CT molecular complexity index is 1250. The van der Waals surface area contributed by atoms with Crippen molar-refractivity contribution >= 4 is 31.9 Å². The van der Waals surface area contributed by atoms with Crippen LogP contribution in [-0.2, 0) is 0 Å². The molecule has 0 radical (unpaired) electrons. The highest BCUT2D eigenvalue weighted by Crippen LogP contribution is 2.39. The zero-order valence-corrected chi connectivity index (χ0v) is 18.3. The Hall–Kier alpha value is -2.53. The van der Waals surface area contributed by atoms with Gasteiger partial charge in [-0.15, -0.1) is 5.10 Å². The summed E-state index contributed by atoms with van der Waals surface area (Å²) in [5.41, 5.74) is -0.126. The number of nitrogens with one attached hydrogen (secondary N) is 2. The summed E-state index contributed by atoms with van der Waals surface area (Å²) in [5, 5.41) is 10.5. The first kappa shape index (κ1) is 19.8. The number of hydrogen-bond acceptors (Lipinski definition) is 6. The average Bonchev–Trinajstić information content (AvgIpc) is 2.62. The number of nitrogens with zero attached hydrogens (tertiary/aromatic N) is 3. The first-order chi connectivity index (χ1) is 13.8. The van der Waals surface area contributed by atoms with E-state index in [1.807, 2.05) is 0 Å². The molecule has 1 aromatic carbocycles. The third-order valence-corrected chi connectivity index (χ3v) is 5.96. The molecule has 1 aliphatic carbocycles. The van der Waals surface area contributed by atoms with Gasteiger partial charge in [0.05, 0.1) is 14.6 Å². The van der Waals surface area contributed by atoms with E-state index in [0.717, 1.165) is 23.9 Å². The van der Waals surface area contributed by atoms with Crippen molar-refractivity contribution in [2.24, 2.45) is 0 Å². The highest BCUT2D eigenvalue weighted by molar-refractivity contribution is 9.11. The normalized spacial score (nSPS) is 13.9. The molecule has 11 heteroatoms. The van der Waals surface area contributed by atoms with Crippen molar-refractivity contribution < 1.29 is 4.74 Å². The summed E-state index contributed by atoms with van der Waals surface area (Å²) in [5.74, 6) is 0.915. The highest BCUT2D eigenvalue weighted by Gasteiger charge is 2.23. The predicted octanol–water partition coefficient (Wildman–Crippen LogP) is 2.90. The van der Waals surface area contributed by atoms with E-state index in [1.165, 1.54) is 6.92 Å². The van der Waals surface area contributed by atoms with Gasteiger partial charge in [0.25, 0.3) is 11.1 Å². The number of aromatic amines is 2. The molecule has 0 amide bonds. The zero-order chi connectivity index (χ0) is 20.7. The van der Waals surface area contributed by atoms with E-state index in [1.54, 1.807) is 18.2 Å². The van der Waals surface area contributed by atoms with Gasteiger partial charge >= 0.3 is 5.69 Å².